The molecule has 0 aromatic heterocycles. The van der Waals surface area contributed by atoms with Crippen molar-refractivity contribution >= 4 is 12.1 Å². The first-order valence-electron chi connectivity index (χ1n) is 10.0. The van der Waals surface area contributed by atoms with Crippen molar-refractivity contribution in [1.29, 1.82) is 0 Å². The summed E-state index contributed by atoms with van der Waals surface area (Å²) in [5.41, 5.74) is 0. The van der Waals surface area contributed by atoms with Gasteiger partial charge in [0.05, 0.1) is 12.5 Å². The van der Waals surface area contributed by atoms with E-state index in [1.165, 1.54) is 0 Å². The van der Waals surface area contributed by atoms with E-state index in [1.807, 2.05) is 4.90 Å². The molecule has 27 heavy (non-hydrogen) atoms. The molecule has 154 valence electrons. The molecule has 0 aromatic carbocycles. The Morgan fingerprint density at radius 1 is 1.00 bits per heavy atom. The molecule has 9 heteroatoms. The normalized spacial score (nSPS) is 29.3. The van der Waals surface area contributed by atoms with Crippen LogP contribution in [0.1, 0.15) is 13.3 Å². The summed E-state index contributed by atoms with van der Waals surface area (Å²) < 4.78 is 5.69. The summed E-state index contributed by atoms with van der Waals surface area (Å²) in [4.78, 5) is 34.1. The first-order chi connectivity index (χ1) is 12.9. The highest BCUT2D eigenvalue weighted by Crippen LogP contribution is 2.23. The fourth-order valence-electron chi connectivity index (χ4n) is 4.08. The summed E-state index contributed by atoms with van der Waals surface area (Å²) in [5, 5.41) is 8.81. The molecule has 0 radical (unpaired) electrons. The van der Waals surface area contributed by atoms with Crippen LogP contribution in [-0.2, 0) is 9.53 Å². The Balaban J connectivity index is 1.43. The van der Waals surface area contributed by atoms with Crippen molar-refractivity contribution in [2.75, 3.05) is 79.0 Å². The highest BCUT2D eigenvalue weighted by atomic mass is 16.6. The number of hydrogen-bond acceptors (Lipinski definition) is 7. The van der Waals surface area contributed by atoms with E-state index in [9.17, 15) is 9.59 Å². The lowest BCUT2D eigenvalue weighted by Gasteiger charge is -2.38. The van der Waals surface area contributed by atoms with Gasteiger partial charge in [-0.1, -0.05) is 0 Å². The summed E-state index contributed by atoms with van der Waals surface area (Å²) in [6.07, 6.45) is -0.240. The predicted molar refractivity (Wildman–Crippen MR) is 101 cm³/mol. The van der Waals surface area contributed by atoms with Crippen molar-refractivity contribution in [3.8, 4) is 0 Å². The standard InChI is InChI=1S/C18H33N5O4/c1-15-17(22-12-9-20(10-13-22)4-3-16(24)25)27-18(26)23(15)14-11-21-7-5-19(2)6-8-21/h15,17H,3-14H2,1-2H3,(H,24,25). The predicted octanol–water partition coefficient (Wildman–Crippen LogP) is -0.507. The van der Waals surface area contributed by atoms with Gasteiger partial charge in [-0.25, -0.2) is 4.79 Å². The number of hydrogen-bond donors (Lipinski definition) is 1. The maximum Gasteiger partial charge on any atom is 0.411 e. The fourth-order valence-corrected chi connectivity index (χ4v) is 4.08. The number of amides is 1. The molecule has 3 heterocycles. The number of cyclic esters (lactones) is 1. The van der Waals surface area contributed by atoms with Crippen LogP contribution in [0.2, 0.25) is 0 Å². The SMILES string of the molecule is CC1C(N2CCN(CCC(=O)O)CC2)OC(=O)N1CCN1CCN(C)CC1. The Kier molecular flexibility index (Phi) is 6.91. The molecule has 0 saturated carbocycles. The second-order valence-electron chi connectivity index (χ2n) is 7.87. The van der Waals surface area contributed by atoms with E-state index in [0.717, 1.165) is 58.9 Å². The number of piperazine rings is 2. The van der Waals surface area contributed by atoms with Gasteiger partial charge in [0.2, 0.25) is 0 Å². The van der Waals surface area contributed by atoms with Crippen LogP contribution in [0, 0.1) is 0 Å². The van der Waals surface area contributed by atoms with Crippen molar-refractivity contribution in [1.82, 2.24) is 24.5 Å². The zero-order valence-corrected chi connectivity index (χ0v) is 16.5. The van der Waals surface area contributed by atoms with E-state index in [-0.39, 0.29) is 24.8 Å². The summed E-state index contributed by atoms with van der Waals surface area (Å²) in [6.45, 7) is 11.7. The third kappa shape index (κ3) is 5.31. The first-order valence-corrected chi connectivity index (χ1v) is 10.0. The summed E-state index contributed by atoms with van der Waals surface area (Å²) in [5.74, 6) is -0.758. The number of likely N-dealkylation sites (N-methyl/N-ethyl adjacent to an activating group) is 1. The van der Waals surface area contributed by atoms with Crippen molar-refractivity contribution in [2.45, 2.75) is 25.6 Å². The van der Waals surface area contributed by atoms with Gasteiger partial charge >= 0.3 is 12.1 Å². The lowest BCUT2D eigenvalue weighted by molar-refractivity contribution is -0.137. The maximum atomic E-state index is 12.4. The Bertz CT molecular complexity index is 518. The Labute approximate surface area is 161 Å². The molecule has 0 aliphatic carbocycles. The highest BCUT2D eigenvalue weighted by Gasteiger charge is 2.42. The van der Waals surface area contributed by atoms with E-state index in [4.69, 9.17) is 9.84 Å². The maximum absolute atomic E-state index is 12.4. The number of carbonyl (C=O) groups excluding carboxylic acids is 1. The van der Waals surface area contributed by atoms with Gasteiger partial charge in [0, 0.05) is 72.0 Å². The van der Waals surface area contributed by atoms with Crippen LogP contribution in [0.3, 0.4) is 0 Å². The van der Waals surface area contributed by atoms with Gasteiger partial charge in [-0.15, -0.1) is 0 Å². The van der Waals surface area contributed by atoms with Crippen LogP contribution in [-0.4, -0.2) is 133 Å². The minimum absolute atomic E-state index is 0.0375. The minimum atomic E-state index is -0.758. The Morgan fingerprint density at radius 3 is 2.22 bits per heavy atom. The average molecular weight is 383 g/mol. The topological polar surface area (TPSA) is 79.8 Å². The molecule has 1 amide bonds. The van der Waals surface area contributed by atoms with E-state index in [1.54, 1.807) is 0 Å². The highest BCUT2D eigenvalue weighted by molar-refractivity contribution is 5.70. The quantitative estimate of drug-likeness (QED) is 0.630. The molecule has 2 atom stereocenters. The van der Waals surface area contributed by atoms with Crippen LogP contribution in [0.25, 0.3) is 0 Å². The molecular formula is C18H33N5O4. The molecule has 3 rings (SSSR count). The van der Waals surface area contributed by atoms with Crippen LogP contribution in [0.4, 0.5) is 4.79 Å². The average Bonchev–Trinajstić information content (AvgIpc) is 2.94. The summed E-state index contributed by atoms with van der Waals surface area (Å²) in [7, 11) is 2.14. The molecule has 9 nitrogen and oxygen atoms in total. The lowest BCUT2D eigenvalue weighted by atomic mass is 10.2. The molecule has 3 saturated heterocycles. The number of carboxylic acids is 1. The zero-order chi connectivity index (χ0) is 19.4. The van der Waals surface area contributed by atoms with Gasteiger partial charge in [-0.2, -0.15) is 0 Å². The van der Waals surface area contributed by atoms with E-state index >= 15 is 0 Å². The molecule has 3 fully saturated rings. The first kappa shape index (κ1) is 20.3. The van der Waals surface area contributed by atoms with Crippen LogP contribution in [0.15, 0.2) is 0 Å². The van der Waals surface area contributed by atoms with Crippen LogP contribution < -0.4 is 0 Å². The van der Waals surface area contributed by atoms with Crippen molar-refractivity contribution in [3.05, 3.63) is 0 Å². The van der Waals surface area contributed by atoms with Gasteiger partial charge in [-0.3, -0.25) is 19.5 Å². The number of nitrogens with zero attached hydrogens (tertiary/aromatic N) is 5. The zero-order valence-electron chi connectivity index (χ0n) is 16.5. The number of rotatable bonds is 7. The largest absolute Gasteiger partial charge is 0.481 e. The number of aliphatic carboxylic acids is 1. The van der Waals surface area contributed by atoms with Crippen LogP contribution in [0.5, 0.6) is 0 Å². The number of carboxylic acid groups (broad SMARTS) is 1. The molecule has 3 aliphatic heterocycles. The van der Waals surface area contributed by atoms with Crippen molar-refractivity contribution in [3.63, 3.8) is 0 Å². The monoisotopic (exact) mass is 383 g/mol. The minimum Gasteiger partial charge on any atom is -0.481 e. The van der Waals surface area contributed by atoms with Gasteiger partial charge in [0.25, 0.3) is 0 Å². The molecule has 0 aromatic rings. The lowest BCUT2D eigenvalue weighted by Crippen LogP contribution is -2.54. The molecule has 1 N–H and O–H groups in total. The Hall–Kier alpha value is -1.42. The van der Waals surface area contributed by atoms with Gasteiger partial charge in [0.1, 0.15) is 0 Å². The molecule has 3 aliphatic rings. The van der Waals surface area contributed by atoms with E-state index in [2.05, 4.69) is 33.6 Å². The van der Waals surface area contributed by atoms with E-state index in [0.29, 0.717) is 13.1 Å². The third-order valence-electron chi connectivity index (χ3n) is 6.02. The molecular weight excluding hydrogens is 350 g/mol. The number of ether oxygens (including phenoxy) is 1. The Morgan fingerprint density at radius 2 is 1.59 bits per heavy atom. The van der Waals surface area contributed by atoms with Gasteiger partial charge < -0.3 is 19.6 Å². The van der Waals surface area contributed by atoms with E-state index < -0.39 is 5.97 Å². The second-order valence-corrected chi connectivity index (χ2v) is 7.87. The molecule has 2 unspecified atom stereocenters. The third-order valence-corrected chi connectivity index (χ3v) is 6.02. The van der Waals surface area contributed by atoms with Gasteiger partial charge in [0.15, 0.2) is 6.23 Å². The fraction of sp³-hybridized carbons (Fsp3) is 0.889. The molecule has 0 bridgehead atoms. The summed E-state index contributed by atoms with van der Waals surface area (Å²) >= 11 is 0. The summed E-state index contributed by atoms with van der Waals surface area (Å²) in [6, 6.07) is 0.0375. The second kappa shape index (κ2) is 9.18. The van der Waals surface area contributed by atoms with Gasteiger partial charge in [-0.05, 0) is 14.0 Å². The van der Waals surface area contributed by atoms with Crippen molar-refractivity contribution < 1.29 is 19.4 Å². The molecule has 0 spiro atoms. The van der Waals surface area contributed by atoms with Crippen LogP contribution >= 0.6 is 0 Å². The smallest absolute Gasteiger partial charge is 0.411 e. The van der Waals surface area contributed by atoms with Crippen molar-refractivity contribution in [2.24, 2.45) is 0 Å². The number of carbonyl (C=O) groups is 2.